The molecule has 2 aromatic rings. The molecule has 0 bridgehead atoms. The summed E-state index contributed by atoms with van der Waals surface area (Å²) >= 11 is 0. The number of para-hydroxylation sites is 1. The van der Waals surface area contributed by atoms with Crippen molar-refractivity contribution in [1.82, 2.24) is 14.8 Å². The first kappa shape index (κ1) is 15.0. The Hall–Kier alpha value is -1.91. The third-order valence-corrected chi connectivity index (χ3v) is 4.41. The molecule has 1 aliphatic rings. The van der Waals surface area contributed by atoms with Gasteiger partial charge in [-0.2, -0.15) is 0 Å². The minimum atomic E-state index is 0.0373. The first-order chi connectivity index (χ1) is 10.7. The number of piperazine rings is 1. The second-order valence-corrected chi connectivity index (χ2v) is 6.03. The first-order valence-electron chi connectivity index (χ1n) is 7.84. The van der Waals surface area contributed by atoms with Gasteiger partial charge >= 0.3 is 0 Å². The fourth-order valence-electron chi connectivity index (χ4n) is 3.10. The molecular formula is C18H23N3O. The molecule has 116 valence electrons. The Labute approximate surface area is 131 Å². The van der Waals surface area contributed by atoms with Crippen LogP contribution in [0, 0.1) is 6.92 Å². The molecule has 2 heterocycles. The zero-order valence-electron chi connectivity index (χ0n) is 13.1. The number of pyridine rings is 1. The van der Waals surface area contributed by atoms with Crippen LogP contribution in [0.5, 0.6) is 0 Å². The van der Waals surface area contributed by atoms with E-state index in [1.807, 2.05) is 31.2 Å². The van der Waals surface area contributed by atoms with E-state index in [0.717, 1.165) is 61.3 Å². The van der Waals surface area contributed by atoms with Gasteiger partial charge in [-0.3, -0.25) is 14.6 Å². The maximum Gasteiger partial charge on any atom is 0.252 e. The summed E-state index contributed by atoms with van der Waals surface area (Å²) in [5.74, 6) is 0. The third kappa shape index (κ3) is 3.13. The molecule has 4 nitrogen and oxygen atoms in total. The molecule has 1 aromatic heterocycles. The van der Waals surface area contributed by atoms with Crippen molar-refractivity contribution in [2.24, 2.45) is 0 Å². The van der Waals surface area contributed by atoms with Gasteiger partial charge in [0.2, 0.25) is 0 Å². The number of fused-ring (bicyclic) bond motifs is 1. The van der Waals surface area contributed by atoms with Gasteiger partial charge in [-0.25, -0.2) is 0 Å². The van der Waals surface area contributed by atoms with Crippen molar-refractivity contribution < 1.29 is 0 Å². The number of H-pyrrole nitrogens is 1. The van der Waals surface area contributed by atoms with E-state index in [2.05, 4.69) is 27.4 Å². The Morgan fingerprint density at radius 1 is 1.23 bits per heavy atom. The summed E-state index contributed by atoms with van der Waals surface area (Å²) in [7, 11) is 0. The Balaban J connectivity index is 1.76. The number of rotatable bonds is 4. The van der Waals surface area contributed by atoms with Gasteiger partial charge in [0, 0.05) is 44.8 Å². The van der Waals surface area contributed by atoms with Crippen molar-refractivity contribution in [3.05, 3.63) is 58.4 Å². The van der Waals surface area contributed by atoms with Gasteiger partial charge in [-0.05, 0) is 23.9 Å². The van der Waals surface area contributed by atoms with Crippen LogP contribution in [-0.2, 0) is 6.54 Å². The molecule has 0 radical (unpaired) electrons. The highest BCUT2D eigenvalue weighted by molar-refractivity contribution is 5.81. The predicted octanol–water partition coefficient (Wildman–Crippen LogP) is 2.14. The highest BCUT2D eigenvalue weighted by atomic mass is 16.1. The quantitative estimate of drug-likeness (QED) is 0.879. The van der Waals surface area contributed by atoms with E-state index < -0.39 is 0 Å². The summed E-state index contributed by atoms with van der Waals surface area (Å²) in [5.41, 5.74) is 2.96. The second-order valence-electron chi connectivity index (χ2n) is 6.03. The lowest BCUT2D eigenvalue weighted by atomic mass is 10.1. The van der Waals surface area contributed by atoms with Gasteiger partial charge in [-0.1, -0.05) is 24.3 Å². The van der Waals surface area contributed by atoms with Crippen molar-refractivity contribution in [3.8, 4) is 0 Å². The number of aromatic amines is 1. The average molecular weight is 297 g/mol. The largest absolute Gasteiger partial charge is 0.321 e. The smallest absolute Gasteiger partial charge is 0.252 e. The molecule has 1 fully saturated rings. The van der Waals surface area contributed by atoms with Crippen molar-refractivity contribution in [2.75, 3.05) is 32.7 Å². The molecule has 4 heteroatoms. The van der Waals surface area contributed by atoms with Crippen LogP contribution in [0.2, 0.25) is 0 Å². The fourth-order valence-corrected chi connectivity index (χ4v) is 3.10. The standard InChI is InChI=1S/C18H23N3O/c1-3-7-20-8-10-21(11-9-20)13-16-12-15-6-4-5-14(2)17(15)19-18(16)22/h3-6,12H,1,7-11,13H2,2H3,(H,19,22). The van der Waals surface area contributed by atoms with Crippen LogP contribution >= 0.6 is 0 Å². The minimum Gasteiger partial charge on any atom is -0.321 e. The number of aromatic nitrogens is 1. The minimum absolute atomic E-state index is 0.0373. The van der Waals surface area contributed by atoms with Crippen LogP contribution in [0.3, 0.4) is 0 Å². The normalized spacial score (nSPS) is 17.0. The molecule has 0 amide bonds. The molecule has 0 aliphatic carbocycles. The van der Waals surface area contributed by atoms with E-state index in [1.54, 1.807) is 0 Å². The van der Waals surface area contributed by atoms with Crippen LogP contribution in [0.4, 0.5) is 0 Å². The maximum atomic E-state index is 12.3. The van der Waals surface area contributed by atoms with Crippen molar-refractivity contribution >= 4 is 10.9 Å². The Kier molecular flexibility index (Phi) is 4.41. The summed E-state index contributed by atoms with van der Waals surface area (Å²) in [5, 5.41) is 1.11. The molecule has 0 saturated carbocycles. The Bertz CT molecular complexity index is 727. The number of benzene rings is 1. The zero-order chi connectivity index (χ0) is 15.5. The third-order valence-electron chi connectivity index (χ3n) is 4.41. The van der Waals surface area contributed by atoms with E-state index in [4.69, 9.17) is 0 Å². The SMILES string of the molecule is C=CCN1CCN(Cc2cc3cccc(C)c3[nH]c2=O)CC1. The number of hydrogen-bond acceptors (Lipinski definition) is 3. The lowest BCUT2D eigenvalue weighted by Gasteiger charge is -2.33. The Morgan fingerprint density at radius 2 is 1.95 bits per heavy atom. The zero-order valence-corrected chi connectivity index (χ0v) is 13.1. The summed E-state index contributed by atoms with van der Waals surface area (Å²) < 4.78 is 0. The molecule has 1 saturated heterocycles. The first-order valence-corrected chi connectivity index (χ1v) is 7.84. The van der Waals surface area contributed by atoms with Crippen LogP contribution in [0.1, 0.15) is 11.1 Å². The highest BCUT2D eigenvalue weighted by Crippen LogP contribution is 2.16. The fraction of sp³-hybridized carbons (Fsp3) is 0.389. The van der Waals surface area contributed by atoms with Gasteiger partial charge < -0.3 is 4.98 Å². The van der Waals surface area contributed by atoms with Gasteiger partial charge in [0.25, 0.3) is 5.56 Å². The topological polar surface area (TPSA) is 39.3 Å². The lowest BCUT2D eigenvalue weighted by molar-refractivity contribution is 0.136. The van der Waals surface area contributed by atoms with Crippen molar-refractivity contribution in [3.63, 3.8) is 0 Å². The predicted molar refractivity (Wildman–Crippen MR) is 91.2 cm³/mol. The monoisotopic (exact) mass is 297 g/mol. The van der Waals surface area contributed by atoms with Gasteiger partial charge in [-0.15, -0.1) is 6.58 Å². The highest BCUT2D eigenvalue weighted by Gasteiger charge is 2.17. The molecule has 0 atom stereocenters. The summed E-state index contributed by atoms with van der Waals surface area (Å²) in [6, 6.07) is 8.16. The van der Waals surface area contributed by atoms with Gasteiger partial charge in [0.15, 0.2) is 0 Å². The van der Waals surface area contributed by atoms with Gasteiger partial charge in [0.05, 0.1) is 5.52 Å². The molecule has 22 heavy (non-hydrogen) atoms. The maximum absolute atomic E-state index is 12.3. The Morgan fingerprint density at radius 3 is 2.68 bits per heavy atom. The summed E-state index contributed by atoms with van der Waals surface area (Å²) in [6.45, 7) is 11.6. The van der Waals surface area contributed by atoms with Crippen molar-refractivity contribution in [2.45, 2.75) is 13.5 Å². The van der Waals surface area contributed by atoms with E-state index in [0.29, 0.717) is 0 Å². The van der Waals surface area contributed by atoms with E-state index in [9.17, 15) is 4.79 Å². The van der Waals surface area contributed by atoms with E-state index >= 15 is 0 Å². The molecular weight excluding hydrogens is 274 g/mol. The second kappa shape index (κ2) is 6.46. The number of hydrogen-bond donors (Lipinski definition) is 1. The number of aryl methyl sites for hydroxylation is 1. The van der Waals surface area contributed by atoms with Crippen molar-refractivity contribution in [1.29, 1.82) is 0 Å². The van der Waals surface area contributed by atoms with Crippen LogP contribution in [0.15, 0.2) is 41.7 Å². The number of nitrogens with zero attached hydrogens (tertiary/aromatic N) is 2. The molecule has 3 rings (SSSR count). The molecule has 0 spiro atoms. The molecule has 0 unspecified atom stereocenters. The summed E-state index contributed by atoms with van der Waals surface area (Å²) in [6.07, 6.45) is 1.95. The lowest BCUT2D eigenvalue weighted by Crippen LogP contribution is -2.46. The molecule has 1 aromatic carbocycles. The van der Waals surface area contributed by atoms with Crippen LogP contribution in [0.25, 0.3) is 10.9 Å². The van der Waals surface area contributed by atoms with Crippen LogP contribution < -0.4 is 5.56 Å². The average Bonchev–Trinajstić information content (AvgIpc) is 2.51. The van der Waals surface area contributed by atoms with E-state index in [-0.39, 0.29) is 5.56 Å². The molecule has 1 aliphatic heterocycles. The van der Waals surface area contributed by atoms with Gasteiger partial charge in [0.1, 0.15) is 0 Å². The van der Waals surface area contributed by atoms with Crippen LogP contribution in [-0.4, -0.2) is 47.5 Å². The summed E-state index contributed by atoms with van der Waals surface area (Å²) in [4.78, 5) is 20.1. The van der Waals surface area contributed by atoms with E-state index in [1.165, 1.54) is 0 Å². The number of nitrogens with one attached hydrogen (secondary N) is 1. The molecule has 1 N–H and O–H groups in total.